The first-order chi connectivity index (χ1) is 9.88. The van der Waals surface area contributed by atoms with Crippen molar-refractivity contribution in [3.63, 3.8) is 0 Å². The Morgan fingerprint density at radius 2 is 2.00 bits per heavy atom. The minimum atomic E-state index is -0.236. The second-order valence-electron chi connectivity index (χ2n) is 5.54. The molecule has 2 heterocycles. The number of rotatable bonds is 4. The zero-order valence-electron chi connectivity index (χ0n) is 12.7. The number of aryl methyl sites for hydroxylation is 2. The Morgan fingerprint density at radius 1 is 1.38 bits per heavy atom. The molecular formula is C14H22N4O2S. The van der Waals surface area contributed by atoms with E-state index in [1.54, 1.807) is 0 Å². The number of likely N-dealkylation sites (tertiary alicyclic amines) is 1. The van der Waals surface area contributed by atoms with Gasteiger partial charge >= 0.3 is 0 Å². The molecule has 1 unspecified atom stereocenters. The molecule has 1 fully saturated rings. The van der Waals surface area contributed by atoms with Gasteiger partial charge in [0.2, 0.25) is 11.8 Å². The summed E-state index contributed by atoms with van der Waals surface area (Å²) in [6.07, 6.45) is 1.45. The van der Waals surface area contributed by atoms with E-state index >= 15 is 0 Å². The minimum absolute atomic E-state index is 0.0544. The van der Waals surface area contributed by atoms with Crippen molar-refractivity contribution in [2.75, 3.05) is 18.4 Å². The van der Waals surface area contributed by atoms with E-state index in [-0.39, 0.29) is 23.8 Å². The number of carbonyl (C=O) groups is 2. The highest BCUT2D eigenvalue weighted by atomic mass is 32.1. The molecule has 3 N–H and O–H groups in total. The standard InChI is InChI=1S/C14H22N4O2S/c1-8-10(3)21-14(16-8)17-13(20)9(2)18-6-4-11(5-7-18)12(15)19/h9,11H,4-7H2,1-3H3,(H2,15,19)(H,16,17,20). The van der Waals surface area contributed by atoms with Crippen molar-refractivity contribution >= 4 is 28.3 Å². The van der Waals surface area contributed by atoms with Gasteiger partial charge in [0.15, 0.2) is 5.13 Å². The van der Waals surface area contributed by atoms with E-state index in [0.29, 0.717) is 5.13 Å². The zero-order valence-corrected chi connectivity index (χ0v) is 13.5. The van der Waals surface area contributed by atoms with Gasteiger partial charge in [-0.15, -0.1) is 11.3 Å². The van der Waals surface area contributed by atoms with Gasteiger partial charge in [0.25, 0.3) is 0 Å². The van der Waals surface area contributed by atoms with Crippen LogP contribution in [0.15, 0.2) is 0 Å². The van der Waals surface area contributed by atoms with Crippen LogP contribution in [0.3, 0.4) is 0 Å². The smallest absolute Gasteiger partial charge is 0.243 e. The van der Waals surface area contributed by atoms with E-state index < -0.39 is 0 Å². The summed E-state index contributed by atoms with van der Waals surface area (Å²) in [5, 5.41) is 3.52. The number of nitrogens with two attached hydrogens (primary N) is 1. The Labute approximate surface area is 128 Å². The van der Waals surface area contributed by atoms with Crippen LogP contribution in [0, 0.1) is 19.8 Å². The average Bonchev–Trinajstić information content (AvgIpc) is 2.76. The van der Waals surface area contributed by atoms with Crippen molar-refractivity contribution in [2.24, 2.45) is 11.7 Å². The van der Waals surface area contributed by atoms with E-state index in [4.69, 9.17) is 5.73 Å². The highest BCUT2D eigenvalue weighted by molar-refractivity contribution is 7.15. The van der Waals surface area contributed by atoms with Crippen LogP contribution in [-0.2, 0) is 9.59 Å². The topological polar surface area (TPSA) is 88.3 Å². The second-order valence-corrected chi connectivity index (χ2v) is 6.74. The predicted molar refractivity (Wildman–Crippen MR) is 83.2 cm³/mol. The van der Waals surface area contributed by atoms with E-state index in [0.717, 1.165) is 36.5 Å². The van der Waals surface area contributed by atoms with Crippen LogP contribution in [0.25, 0.3) is 0 Å². The second kappa shape index (κ2) is 6.53. The number of amides is 2. The summed E-state index contributed by atoms with van der Waals surface area (Å²) >= 11 is 1.49. The van der Waals surface area contributed by atoms with Crippen LogP contribution in [0.2, 0.25) is 0 Å². The van der Waals surface area contributed by atoms with Crippen LogP contribution in [0.5, 0.6) is 0 Å². The Balaban J connectivity index is 1.89. The lowest BCUT2D eigenvalue weighted by atomic mass is 9.95. The monoisotopic (exact) mass is 310 g/mol. The minimum Gasteiger partial charge on any atom is -0.369 e. The van der Waals surface area contributed by atoms with E-state index in [2.05, 4.69) is 15.2 Å². The summed E-state index contributed by atoms with van der Waals surface area (Å²) < 4.78 is 0. The molecule has 7 heteroatoms. The number of aromatic nitrogens is 1. The van der Waals surface area contributed by atoms with Gasteiger partial charge in [-0.05, 0) is 46.7 Å². The number of primary amides is 1. The lowest BCUT2D eigenvalue weighted by Gasteiger charge is -2.34. The van der Waals surface area contributed by atoms with Crippen molar-refractivity contribution in [1.82, 2.24) is 9.88 Å². The van der Waals surface area contributed by atoms with Crippen LogP contribution in [0.1, 0.15) is 30.3 Å². The Bertz CT molecular complexity index is 516. The normalized spacial score (nSPS) is 18.4. The van der Waals surface area contributed by atoms with Crippen LogP contribution in [0.4, 0.5) is 5.13 Å². The van der Waals surface area contributed by atoms with E-state index in [9.17, 15) is 9.59 Å². The van der Waals surface area contributed by atoms with Gasteiger partial charge < -0.3 is 11.1 Å². The number of nitrogens with one attached hydrogen (secondary N) is 1. The lowest BCUT2D eigenvalue weighted by Crippen LogP contribution is -2.47. The maximum Gasteiger partial charge on any atom is 0.243 e. The summed E-state index contributed by atoms with van der Waals surface area (Å²) in [6.45, 7) is 7.24. The van der Waals surface area contributed by atoms with Gasteiger partial charge in [0.05, 0.1) is 11.7 Å². The fourth-order valence-corrected chi connectivity index (χ4v) is 3.29. The van der Waals surface area contributed by atoms with Crippen LogP contribution < -0.4 is 11.1 Å². The third-order valence-corrected chi connectivity index (χ3v) is 5.11. The largest absolute Gasteiger partial charge is 0.369 e. The molecule has 1 aliphatic heterocycles. The van der Waals surface area contributed by atoms with Crippen molar-refractivity contribution < 1.29 is 9.59 Å². The van der Waals surface area contributed by atoms with Crippen molar-refractivity contribution in [1.29, 1.82) is 0 Å². The maximum atomic E-state index is 12.3. The molecule has 0 saturated carbocycles. The average molecular weight is 310 g/mol. The van der Waals surface area contributed by atoms with Gasteiger partial charge in [-0.1, -0.05) is 0 Å². The van der Waals surface area contributed by atoms with E-state index in [1.807, 2.05) is 20.8 Å². The van der Waals surface area contributed by atoms with Gasteiger partial charge in [-0.3, -0.25) is 14.5 Å². The Morgan fingerprint density at radius 3 is 2.48 bits per heavy atom. The number of carbonyl (C=O) groups excluding carboxylic acids is 2. The highest BCUT2D eigenvalue weighted by Crippen LogP contribution is 2.23. The fourth-order valence-electron chi connectivity index (χ4n) is 2.47. The summed E-state index contributed by atoms with van der Waals surface area (Å²) in [7, 11) is 0. The first kappa shape index (κ1) is 15.9. The molecule has 0 radical (unpaired) electrons. The van der Waals surface area contributed by atoms with Crippen LogP contribution in [-0.4, -0.2) is 40.8 Å². The molecule has 6 nitrogen and oxygen atoms in total. The molecule has 1 saturated heterocycles. The van der Waals surface area contributed by atoms with Crippen molar-refractivity contribution in [3.05, 3.63) is 10.6 Å². The number of anilines is 1. The molecule has 2 amide bonds. The molecule has 21 heavy (non-hydrogen) atoms. The number of nitrogens with zero attached hydrogens (tertiary/aromatic N) is 2. The molecule has 0 aliphatic carbocycles. The Kier molecular flexibility index (Phi) is 4.95. The van der Waals surface area contributed by atoms with Crippen molar-refractivity contribution in [2.45, 2.75) is 39.7 Å². The summed E-state index contributed by atoms with van der Waals surface area (Å²) in [5.74, 6) is -0.345. The third-order valence-electron chi connectivity index (χ3n) is 4.12. The maximum absolute atomic E-state index is 12.3. The molecule has 0 aromatic carbocycles. The highest BCUT2D eigenvalue weighted by Gasteiger charge is 2.29. The predicted octanol–water partition coefficient (Wildman–Crippen LogP) is 1.28. The molecule has 0 spiro atoms. The quantitative estimate of drug-likeness (QED) is 0.877. The Hall–Kier alpha value is -1.47. The first-order valence-electron chi connectivity index (χ1n) is 7.16. The number of piperidine rings is 1. The van der Waals surface area contributed by atoms with Crippen molar-refractivity contribution in [3.8, 4) is 0 Å². The lowest BCUT2D eigenvalue weighted by molar-refractivity contribution is -0.124. The molecule has 1 aliphatic rings. The molecule has 1 atom stereocenters. The number of hydrogen-bond donors (Lipinski definition) is 2. The molecule has 2 rings (SSSR count). The molecular weight excluding hydrogens is 288 g/mol. The van der Waals surface area contributed by atoms with Gasteiger partial charge in [-0.25, -0.2) is 4.98 Å². The first-order valence-corrected chi connectivity index (χ1v) is 7.98. The summed E-state index contributed by atoms with van der Waals surface area (Å²) in [6, 6.07) is -0.233. The number of hydrogen-bond acceptors (Lipinski definition) is 5. The van der Waals surface area contributed by atoms with Gasteiger partial charge in [-0.2, -0.15) is 0 Å². The fraction of sp³-hybridized carbons (Fsp3) is 0.643. The SMILES string of the molecule is Cc1nc(NC(=O)C(C)N2CCC(C(N)=O)CC2)sc1C. The summed E-state index contributed by atoms with van der Waals surface area (Å²) in [4.78, 5) is 30.9. The third kappa shape index (κ3) is 3.79. The van der Waals surface area contributed by atoms with E-state index in [1.165, 1.54) is 11.3 Å². The molecule has 0 bridgehead atoms. The van der Waals surface area contributed by atoms with Gasteiger partial charge in [0, 0.05) is 10.8 Å². The van der Waals surface area contributed by atoms with Crippen LogP contribution >= 0.6 is 11.3 Å². The molecule has 1 aromatic heterocycles. The summed E-state index contributed by atoms with van der Waals surface area (Å²) in [5.41, 5.74) is 6.27. The van der Waals surface area contributed by atoms with Gasteiger partial charge in [0.1, 0.15) is 0 Å². The molecule has 1 aromatic rings. The molecule has 116 valence electrons. The zero-order chi connectivity index (χ0) is 15.6. The number of thiazole rings is 1.